The van der Waals surface area contributed by atoms with Crippen LogP contribution in [0.15, 0.2) is 12.3 Å². The van der Waals surface area contributed by atoms with Gasteiger partial charge < -0.3 is 10.2 Å². The molecule has 17 heavy (non-hydrogen) atoms. The minimum Gasteiger partial charge on any atom is -0.366 e. The number of nitrogens with one attached hydrogen (secondary N) is 1. The minimum absolute atomic E-state index is 0.0517. The molecular formula is C11H18N4O2. The van der Waals surface area contributed by atoms with E-state index in [4.69, 9.17) is 0 Å². The van der Waals surface area contributed by atoms with Gasteiger partial charge in [0.25, 0.3) is 5.69 Å². The summed E-state index contributed by atoms with van der Waals surface area (Å²) in [6.07, 6.45) is 1.29. The van der Waals surface area contributed by atoms with Crippen LogP contribution in [-0.4, -0.2) is 41.5 Å². The Morgan fingerprint density at radius 3 is 2.71 bits per heavy atom. The third-order valence-corrected chi connectivity index (χ3v) is 2.31. The second-order valence-electron chi connectivity index (χ2n) is 4.42. The summed E-state index contributed by atoms with van der Waals surface area (Å²) in [4.78, 5) is 16.3. The van der Waals surface area contributed by atoms with Gasteiger partial charge in [0.15, 0.2) is 0 Å². The maximum atomic E-state index is 10.6. The summed E-state index contributed by atoms with van der Waals surface area (Å²) in [6, 6.07) is 1.93. The molecule has 0 saturated carbocycles. The zero-order valence-electron chi connectivity index (χ0n) is 10.6. The van der Waals surface area contributed by atoms with Crippen molar-refractivity contribution in [2.45, 2.75) is 19.9 Å². The van der Waals surface area contributed by atoms with Crippen molar-refractivity contribution in [2.75, 3.05) is 26.0 Å². The molecule has 1 N–H and O–H groups in total. The summed E-state index contributed by atoms with van der Waals surface area (Å²) in [5, 5.41) is 13.8. The number of nitrogens with zero attached hydrogens (tertiary/aromatic N) is 3. The van der Waals surface area contributed by atoms with Crippen LogP contribution in [0.4, 0.5) is 11.5 Å². The van der Waals surface area contributed by atoms with E-state index in [9.17, 15) is 10.1 Å². The van der Waals surface area contributed by atoms with Gasteiger partial charge in [0, 0.05) is 18.2 Å². The summed E-state index contributed by atoms with van der Waals surface area (Å²) >= 11 is 0. The largest absolute Gasteiger partial charge is 0.366 e. The highest BCUT2D eigenvalue weighted by molar-refractivity contribution is 5.47. The van der Waals surface area contributed by atoms with Crippen LogP contribution < -0.4 is 5.32 Å². The van der Waals surface area contributed by atoms with Crippen LogP contribution in [0.5, 0.6) is 0 Å². The molecule has 6 nitrogen and oxygen atoms in total. The van der Waals surface area contributed by atoms with Crippen molar-refractivity contribution in [3.63, 3.8) is 0 Å². The number of nitro groups is 1. The van der Waals surface area contributed by atoms with Gasteiger partial charge in [0.1, 0.15) is 12.0 Å². The molecule has 1 unspecified atom stereocenters. The van der Waals surface area contributed by atoms with Crippen molar-refractivity contribution in [3.05, 3.63) is 27.9 Å². The van der Waals surface area contributed by atoms with Gasteiger partial charge in [-0.3, -0.25) is 10.1 Å². The number of anilines is 1. The second-order valence-corrected chi connectivity index (χ2v) is 4.42. The van der Waals surface area contributed by atoms with E-state index in [0.717, 1.165) is 6.54 Å². The lowest BCUT2D eigenvalue weighted by Gasteiger charge is -2.18. The van der Waals surface area contributed by atoms with Crippen LogP contribution >= 0.6 is 0 Å². The fraction of sp³-hybridized carbons (Fsp3) is 0.545. The molecule has 0 aliphatic heterocycles. The molecule has 94 valence electrons. The fourth-order valence-corrected chi connectivity index (χ4v) is 1.66. The van der Waals surface area contributed by atoms with Crippen LogP contribution in [-0.2, 0) is 0 Å². The number of pyridine rings is 1. The van der Waals surface area contributed by atoms with Gasteiger partial charge in [-0.05, 0) is 34.0 Å². The maximum Gasteiger partial charge on any atom is 0.290 e. The van der Waals surface area contributed by atoms with Crippen LogP contribution in [0, 0.1) is 17.0 Å². The highest BCUT2D eigenvalue weighted by atomic mass is 16.6. The van der Waals surface area contributed by atoms with Gasteiger partial charge in [0.05, 0.1) is 4.92 Å². The van der Waals surface area contributed by atoms with Crippen LogP contribution in [0.1, 0.15) is 12.5 Å². The standard InChI is InChI=1S/C11H18N4O2/c1-8-5-11(12-6-10(8)15(16)17)13-9(2)7-14(3)4/h5-6,9H,7H2,1-4H3,(H,12,13). The van der Waals surface area contributed by atoms with E-state index in [1.165, 1.54) is 6.20 Å². The lowest BCUT2D eigenvalue weighted by Crippen LogP contribution is -2.29. The quantitative estimate of drug-likeness (QED) is 0.624. The molecule has 1 aromatic heterocycles. The summed E-state index contributed by atoms with van der Waals surface area (Å²) < 4.78 is 0. The van der Waals surface area contributed by atoms with Crippen molar-refractivity contribution >= 4 is 11.5 Å². The zero-order chi connectivity index (χ0) is 13.0. The average Bonchev–Trinajstić information content (AvgIpc) is 2.15. The third-order valence-electron chi connectivity index (χ3n) is 2.31. The maximum absolute atomic E-state index is 10.6. The Bertz CT molecular complexity index is 406. The molecule has 0 aliphatic carbocycles. The van der Waals surface area contributed by atoms with Crippen LogP contribution in [0.2, 0.25) is 0 Å². The van der Waals surface area contributed by atoms with E-state index in [1.54, 1.807) is 13.0 Å². The minimum atomic E-state index is -0.421. The molecular weight excluding hydrogens is 220 g/mol. The number of aryl methyl sites for hydroxylation is 1. The molecule has 0 fully saturated rings. The first-order chi connectivity index (χ1) is 7.90. The summed E-state index contributed by atoms with van der Waals surface area (Å²) in [5.41, 5.74) is 0.667. The molecule has 1 atom stereocenters. The normalized spacial score (nSPS) is 12.5. The van der Waals surface area contributed by atoms with E-state index in [2.05, 4.69) is 15.2 Å². The molecule has 1 heterocycles. The predicted octanol–water partition coefficient (Wildman–Crippen LogP) is 1.66. The molecule has 1 rings (SSSR count). The second kappa shape index (κ2) is 5.58. The Hall–Kier alpha value is -1.69. The highest BCUT2D eigenvalue weighted by Gasteiger charge is 2.12. The first kappa shape index (κ1) is 13.4. The number of likely N-dealkylation sites (N-methyl/N-ethyl adjacent to an activating group) is 1. The highest BCUT2D eigenvalue weighted by Crippen LogP contribution is 2.19. The topological polar surface area (TPSA) is 71.3 Å². The Morgan fingerprint density at radius 2 is 2.24 bits per heavy atom. The first-order valence-electron chi connectivity index (χ1n) is 5.42. The number of aromatic nitrogens is 1. The molecule has 1 aromatic rings. The Balaban J connectivity index is 2.74. The van der Waals surface area contributed by atoms with E-state index in [1.807, 2.05) is 21.0 Å². The van der Waals surface area contributed by atoms with Crippen LogP contribution in [0.3, 0.4) is 0 Å². The molecule has 0 saturated heterocycles. The Labute approximate surface area is 101 Å². The van der Waals surface area contributed by atoms with Crippen molar-refractivity contribution in [2.24, 2.45) is 0 Å². The number of hydrogen-bond acceptors (Lipinski definition) is 5. The Morgan fingerprint density at radius 1 is 1.59 bits per heavy atom. The molecule has 0 amide bonds. The van der Waals surface area contributed by atoms with Gasteiger partial charge in [0.2, 0.25) is 0 Å². The zero-order valence-corrected chi connectivity index (χ0v) is 10.6. The third kappa shape index (κ3) is 3.99. The fourth-order valence-electron chi connectivity index (χ4n) is 1.66. The van der Waals surface area contributed by atoms with Crippen molar-refractivity contribution in [1.29, 1.82) is 0 Å². The molecule has 6 heteroatoms. The number of hydrogen-bond donors (Lipinski definition) is 1. The van der Waals surface area contributed by atoms with Gasteiger partial charge in [-0.25, -0.2) is 4.98 Å². The SMILES string of the molecule is Cc1cc(NC(C)CN(C)C)ncc1[N+](=O)[O-]. The molecule has 0 aliphatic rings. The summed E-state index contributed by atoms with van der Waals surface area (Å²) in [6.45, 7) is 4.62. The van der Waals surface area contributed by atoms with Crippen molar-refractivity contribution in [3.8, 4) is 0 Å². The van der Waals surface area contributed by atoms with Crippen molar-refractivity contribution in [1.82, 2.24) is 9.88 Å². The average molecular weight is 238 g/mol. The van der Waals surface area contributed by atoms with Crippen LogP contribution in [0.25, 0.3) is 0 Å². The van der Waals surface area contributed by atoms with Gasteiger partial charge in [-0.15, -0.1) is 0 Å². The lowest BCUT2D eigenvalue weighted by molar-refractivity contribution is -0.385. The van der Waals surface area contributed by atoms with E-state index < -0.39 is 4.92 Å². The van der Waals surface area contributed by atoms with E-state index in [0.29, 0.717) is 11.4 Å². The Kier molecular flexibility index (Phi) is 4.39. The van der Waals surface area contributed by atoms with E-state index in [-0.39, 0.29) is 11.7 Å². The molecule has 0 bridgehead atoms. The van der Waals surface area contributed by atoms with Crippen molar-refractivity contribution < 1.29 is 4.92 Å². The van der Waals surface area contributed by atoms with Gasteiger partial charge in [-0.2, -0.15) is 0 Å². The molecule has 0 aromatic carbocycles. The number of rotatable bonds is 5. The summed E-state index contributed by atoms with van der Waals surface area (Å²) in [7, 11) is 3.99. The summed E-state index contributed by atoms with van der Waals surface area (Å²) in [5.74, 6) is 0.669. The monoisotopic (exact) mass is 238 g/mol. The van der Waals surface area contributed by atoms with Gasteiger partial charge >= 0.3 is 0 Å². The first-order valence-corrected chi connectivity index (χ1v) is 5.42. The predicted molar refractivity (Wildman–Crippen MR) is 67.3 cm³/mol. The lowest BCUT2D eigenvalue weighted by atomic mass is 10.2. The van der Waals surface area contributed by atoms with Gasteiger partial charge in [-0.1, -0.05) is 0 Å². The molecule has 0 spiro atoms. The molecule has 0 radical (unpaired) electrons. The van der Waals surface area contributed by atoms with E-state index >= 15 is 0 Å². The smallest absolute Gasteiger partial charge is 0.290 e.